The zero-order chi connectivity index (χ0) is 15.2. The van der Waals surface area contributed by atoms with Gasteiger partial charge in [0.2, 0.25) is 5.91 Å². The first-order valence-electron chi connectivity index (χ1n) is 6.76. The lowest BCUT2D eigenvalue weighted by Crippen LogP contribution is -2.38. The molecule has 0 saturated heterocycles. The first kappa shape index (κ1) is 15.2. The quantitative estimate of drug-likeness (QED) is 0.848. The molecule has 0 bridgehead atoms. The molecule has 0 fully saturated rings. The number of hydrogen-bond donors (Lipinski definition) is 2. The summed E-state index contributed by atoms with van der Waals surface area (Å²) in [6.07, 6.45) is 4.07. The second-order valence-electron chi connectivity index (χ2n) is 4.99. The van der Waals surface area contributed by atoms with Crippen molar-refractivity contribution < 1.29 is 9.18 Å². The van der Waals surface area contributed by atoms with Crippen LogP contribution in [0.1, 0.15) is 17.4 Å². The molecule has 0 aliphatic heterocycles. The highest BCUT2D eigenvalue weighted by Gasteiger charge is 2.22. The SMILES string of the molecule is CN(C)[C@H](C(=O)NCCc1ncc[nH]1)c1ccc(F)cc1. The summed E-state index contributed by atoms with van der Waals surface area (Å²) in [4.78, 5) is 21.2. The number of nitrogens with one attached hydrogen (secondary N) is 2. The van der Waals surface area contributed by atoms with Gasteiger partial charge in [-0.15, -0.1) is 0 Å². The molecule has 0 saturated carbocycles. The zero-order valence-electron chi connectivity index (χ0n) is 12.1. The van der Waals surface area contributed by atoms with Crippen LogP contribution in [0.15, 0.2) is 36.7 Å². The standard InChI is InChI=1S/C15H19FN4O/c1-20(2)14(11-3-5-12(16)6-4-11)15(21)19-8-7-13-17-9-10-18-13/h3-6,9-10,14H,7-8H2,1-2H3,(H,17,18)(H,19,21)/t14-/m0/s1. The average molecular weight is 290 g/mol. The van der Waals surface area contributed by atoms with Crippen molar-refractivity contribution in [3.05, 3.63) is 53.9 Å². The number of likely N-dealkylation sites (N-methyl/N-ethyl adjacent to an activating group) is 1. The number of aromatic nitrogens is 2. The molecular formula is C15H19FN4O. The maximum Gasteiger partial charge on any atom is 0.241 e. The number of amides is 1. The van der Waals surface area contributed by atoms with Crippen LogP contribution < -0.4 is 5.32 Å². The number of nitrogens with zero attached hydrogens (tertiary/aromatic N) is 2. The lowest BCUT2D eigenvalue weighted by atomic mass is 10.1. The van der Waals surface area contributed by atoms with Gasteiger partial charge in [-0.3, -0.25) is 9.69 Å². The van der Waals surface area contributed by atoms with Crippen LogP contribution in [0.3, 0.4) is 0 Å². The third-order valence-electron chi connectivity index (χ3n) is 3.17. The van der Waals surface area contributed by atoms with Gasteiger partial charge in [-0.1, -0.05) is 12.1 Å². The number of halogens is 1. The zero-order valence-corrected chi connectivity index (χ0v) is 12.1. The van der Waals surface area contributed by atoms with Gasteiger partial charge in [0.1, 0.15) is 17.7 Å². The van der Waals surface area contributed by atoms with Gasteiger partial charge in [0.15, 0.2) is 0 Å². The molecule has 1 amide bonds. The van der Waals surface area contributed by atoms with Gasteiger partial charge in [0, 0.05) is 25.4 Å². The number of benzene rings is 1. The highest BCUT2D eigenvalue weighted by Crippen LogP contribution is 2.18. The number of imidazole rings is 1. The number of carbonyl (C=O) groups excluding carboxylic acids is 1. The van der Waals surface area contributed by atoms with Gasteiger partial charge in [-0.25, -0.2) is 9.37 Å². The molecule has 21 heavy (non-hydrogen) atoms. The minimum atomic E-state index is -0.442. The van der Waals surface area contributed by atoms with Crippen LogP contribution >= 0.6 is 0 Å². The van der Waals surface area contributed by atoms with Crippen LogP contribution in [0.25, 0.3) is 0 Å². The molecule has 0 unspecified atom stereocenters. The Labute approximate surface area is 123 Å². The highest BCUT2D eigenvalue weighted by molar-refractivity contribution is 5.83. The normalized spacial score (nSPS) is 12.4. The number of rotatable bonds is 6. The average Bonchev–Trinajstić information content (AvgIpc) is 2.94. The molecule has 1 aromatic heterocycles. The summed E-state index contributed by atoms with van der Waals surface area (Å²) in [5, 5.41) is 2.88. The molecule has 0 aliphatic carbocycles. The third-order valence-corrected chi connectivity index (χ3v) is 3.17. The van der Waals surface area contributed by atoms with E-state index in [1.165, 1.54) is 12.1 Å². The van der Waals surface area contributed by atoms with Crippen LogP contribution in [0, 0.1) is 5.82 Å². The van der Waals surface area contributed by atoms with Crippen molar-refractivity contribution in [1.29, 1.82) is 0 Å². The number of hydrogen-bond acceptors (Lipinski definition) is 3. The maximum absolute atomic E-state index is 13.0. The van der Waals surface area contributed by atoms with E-state index in [9.17, 15) is 9.18 Å². The Bertz CT molecular complexity index is 566. The van der Waals surface area contributed by atoms with Crippen LogP contribution in [-0.4, -0.2) is 41.4 Å². The van der Waals surface area contributed by atoms with Crippen LogP contribution in [0.4, 0.5) is 4.39 Å². The molecule has 1 atom stereocenters. The number of aromatic amines is 1. The smallest absolute Gasteiger partial charge is 0.241 e. The molecule has 112 valence electrons. The van der Waals surface area contributed by atoms with E-state index in [1.807, 2.05) is 14.1 Å². The predicted molar refractivity (Wildman–Crippen MR) is 78.1 cm³/mol. The Morgan fingerprint density at radius 3 is 2.67 bits per heavy atom. The molecule has 0 aliphatic rings. The second-order valence-corrected chi connectivity index (χ2v) is 4.99. The molecule has 1 heterocycles. The third kappa shape index (κ3) is 4.13. The maximum atomic E-state index is 13.0. The van der Waals surface area contributed by atoms with E-state index >= 15 is 0 Å². The lowest BCUT2D eigenvalue weighted by Gasteiger charge is -2.23. The van der Waals surface area contributed by atoms with Gasteiger partial charge in [0.25, 0.3) is 0 Å². The Morgan fingerprint density at radius 1 is 1.38 bits per heavy atom. The van der Waals surface area contributed by atoms with E-state index in [0.29, 0.717) is 13.0 Å². The van der Waals surface area contributed by atoms with Crippen molar-refractivity contribution in [3.8, 4) is 0 Å². The molecule has 0 spiro atoms. The van der Waals surface area contributed by atoms with Gasteiger partial charge >= 0.3 is 0 Å². The van der Waals surface area contributed by atoms with Gasteiger partial charge in [-0.05, 0) is 31.8 Å². The monoisotopic (exact) mass is 290 g/mol. The van der Waals surface area contributed by atoms with E-state index < -0.39 is 6.04 Å². The number of H-pyrrole nitrogens is 1. The summed E-state index contributed by atoms with van der Waals surface area (Å²) in [6, 6.07) is 5.55. The molecular weight excluding hydrogens is 271 g/mol. The summed E-state index contributed by atoms with van der Waals surface area (Å²) >= 11 is 0. The molecule has 0 radical (unpaired) electrons. The van der Waals surface area contributed by atoms with Crippen molar-refractivity contribution in [1.82, 2.24) is 20.2 Å². The van der Waals surface area contributed by atoms with Gasteiger partial charge in [0.05, 0.1) is 0 Å². The molecule has 2 rings (SSSR count). The largest absolute Gasteiger partial charge is 0.354 e. The van der Waals surface area contributed by atoms with E-state index in [-0.39, 0.29) is 11.7 Å². The Balaban J connectivity index is 1.97. The molecule has 2 aromatic rings. The summed E-state index contributed by atoms with van der Waals surface area (Å²) in [5.41, 5.74) is 0.761. The van der Waals surface area contributed by atoms with Gasteiger partial charge in [-0.2, -0.15) is 0 Å². The highest BCUT2D eigenvalue weighted by atomic mass is 19.1. The fraction of sp³-hybridized carbons (Fsp3) is 0.333. The summed E-state index contributed by atoms with van der Waals surface area (Å²) < 4.78 is 13.0. The molecule has 2 N–H and O–H groups in total. The molecule has 5 nitrogen and oxygen atoms in total. The molecule has 6 heteroatoms. The lowest BCUT2D eigenvalue weighted by molar-refractivity contribution is -0.125. The summed E-state index contributed by atoms with van der Waals surface area (Å²) in [5.74, 6) is 0.408. The van der Waals surface area contributed by atoms with Crippen LogP contribution in [-0.2, 0) is 11.2 Å². The predicted octanol–water partition coefficient (Wildman–Crippen LogP) is 1.51. The topological polar surface area (TPSA) is 61.0 Å². The van der Waals surface area contributed by atoms with Crippen LogP contribution in [0.2, 0.25) is 0 Å². The van der Waals surface area contributed by atoms with E-state index in [4.69, 9.17) is 0 Å². The van der Waals surface area contributed by atoms with E-state index in [0.717, 1.165) is 11.4 Å². The van der Waals surface area contributed by atoms with E-state index in [2.05, 4.69) is 15.3 Å². The van der Waals surface area contributed by atoms with Crippen molar-refractivity contribution in [2.75, 3.05) is 20.6 Å². The van der Waals surface area contributed by atoms with Gasteiger partial charge < -0.3 is 10.3 Å². The Kier molecular flexibility index (Phi) is 5.05. The summed E-state index contributed by atoms with van der Waals surface area (Å²) in [6.45, 7) is 0.498. The molecule has 1 aromatic carbocycles. The minimum absolute atomic E-state index is 0.113. The van der Waals surface area contributed by atoms with E-state index in [1.54, 1.807) is 29.4 Å². The fourth-order valence-corrected chi connectivity index (χ4v) is 2.16. The van der Waals surface area contributed by atoms with Crippen molar-refractivity contribution >= 4 is 5.91 Å². The number of carbonyl (C=O) groups is 1. The summed E-state index contributed by atoms with van der Waals surface area (Å²) in [7, 11) is 3.64. The second kappa shape index (κ2) is 6.99. The minimum Gasteiger partial charge on any atom is -0.354 e. The van der Waals surface area contributed by atoms with Crippen molar-refractivity contribution in [2.24, 2.45) is 0 Å². The first-order valence-corrected chi connectivity index (χ1v) is 6.76. The first-order chi connectivity index (χ1) is 10.1. The Hall–Kier alpha value is -2.21. The van der Waals surface area contributed by atoms with Crippen molar-refractivity contribution in [2.45, 2.75) is 12.5 Å². The Morgan fingerprint density at radius 2 is 2.10 bits per heavy atom. The van der Waals surface area contributed by atoms with Crippen molar-refractivity contribution in [3.63, 3.8) is 0 Å². The van der Waals surface area contributed by atoms with Crippen LogP contribution in [0.5, 0.6) is 0 Å². The fourth-order valence-electron chi connectivity index (χ4n) is 2.16.